The molecule has 0 radical (unpaired) electrons. The van der Waals surface area contributed by atoms with Crippen LogP contribution in [0.5, 0.6) is 0 Å². The van der Waals surface area contributed by atoms with Gasteiger partial charge in [-0.1, -0.05) is 29.8 Å². The highest BCUT2D eigenvalue weighted by atomic mass is 16.2. The van der Waals surface area contributed by atoms with Gasteiger partial charge in [-0.2, -0.15) is 0 Å². The molecule has 0 bridgehead atoms. The van der Waals surface area contributed by atoms with Crippen LogP contribution in [0.25, 0.3) is 0 Å². The number of benzene rings is 1. The summed E-state index contributed by atoms with van der Waals surface area (Å²) >= 11 is 0. The van der Waals surface area contributed by atoms with Crippen molar-refractivity contribution in [2.75, 3.05) is 26.2 Å². The minimum absolute atomic E-state index is 0.0183. The molecule has 0 spiro atoms. The van der Waals surface area contributed by atoms with E-state index in [1.165, 1.54) is 17.3 Å². The number of carbonyl (C=O) groups excluding carboxylic acids is 1. The summed E-state index contributed by atoms with van der Waals surface area (Å²) in [7, 11) is 0. The average molecular weight is 310 g/mol. The molecule has 1 saturated heterocycles. The standard InChI is InChI=1S/C18H22N4O/c1-15-3-5-16(6-4-15)14-21-9-2-10-22(12-11-21)18(23)17-13-19-7-8-20-17/h3-8,13H,2,9-12,14H2,1H3. The fraction of sp³-hybridized carbons (Fsp3) is 0.389. The van der Waals surface area contributed by atoms with Gasteiger partial charge in [-0.25, -0.2) is 4.98 Å². The Hall–Kier alpha value is -2.27. The smallest absolute Gasteiger partial charge is 0.274 e. The van der Waals surface area contributed by atoms with Gasteiger partial charge in [0.25, 0.3) is 5.91 Å². The van der Waals surface area contributed by atoms with E-state index in [0.29, 0.717) is 5.69 Å². The Morgan fingerprint density at radius 1 is 1.09 bits per heavy atom. The van der Waals surface area contributed by atoms with Gasteiger partial charge >= 0.3 is 0 Å². The maximum Gasteiger partial charge on any atom is 0.274 e. The van der Waals surface area contributed by atoms with Crippen molar-refractivity contribution in [1.82, 2.24) is 19.8 Å². The fourth-order valence-electron chi connectivity index (χ4n) is 2.86. The van der Waals surface area contributed by atoms with E-state index < -0.39 is 0 Å². The average Bonchev–Trinajstić information content (AvgIpc) is 2.83. The highest BCUT2D eigenvalue weighted by Crippen LogP contribution is 2.11. The molecule has 0 unspecified atom stereocenters. The lowest BCUT2D eigenvalue weighted by Gasteiger charge is -2.21. The Labute approximate surface area is 137 Å². The second-order valence-corrected chi connectivity index (χ2v) is 6.00. The molecule has 1 aromatic heterocycles. The molecule has 1 amide bonds. The Morgan fingerprint density at radius 3 is 2.65 bits per heavy atom. The number of aryl methyl sites for hydroxylation is 1. The molecular formula is C18H22N4O. The summed E-state index contributed by atoms with van der Waals surface area (Å²) < 4.78 is 0. The van der Waals surface area contributed by atoms with E-state index in [4.69, 9.17) is 0 Å². The van der Waals surface area contributed by atoms with Crippen LogP contribution in [0.4, 0.5) is 0 Å². The summed E-state index contributed by atoms with van der Waals surface area (Å²) in [6, 6.07) is 8.67. The van der Waals surface area contributed by atoms with Crippen LogP contribution in [0.2, 0.25) is 0 Å². The summed E-state index contributed by atoms with van der Waals surface area (Å²) in [5, 5.41) is 0. The lowest BCUT2D eigenvalue weighted by Crippen LogP contribution is -2.35. The van der Waals surface area contributed by atoms with Gasteiger partial charge in [-0.15, -0.1) is 0 Å². The largest absolute Gasteiger partial charge is 0.336 e. The van der Waals surface area contributed by atoms with Crippen molar-refractivity contribution in [3.8, 4) is 0 Å². The van der Waals surface area contributed by atoms with E-state index >= 15 is 0 Å². The molecule has 0 N–H and O–H groups in total. The van der Waals surface area contributed by atoms with Crippen LogP contribution < -0.4 is 0 Å². The summed E-state index contributed by atoms with van der Waals surface area (Å²) in [5.41, 5.74) is 3.04. The second kappa shape index (κ2) is 7.33. The SMILES string of the molecule is Cc1ccc(CN2CCCN(C(=O)c3cnccn3)CC2)cc1. The van der Waals surface area contributed by atoms with E-state index in [0.717, 1.165) is 39.1 Å². The molecular weight excluding hydrogens is 288 g/mol. The minimum atomic E-state index is -0.0183. The molecule has 1 aliphatic rings. The fourth-order valence-corrected chi connectivity index (χ4v) is 2.86. The molecule has 1 aromatic carbocycles. The first-order chi connectivity index (χ1) is 11.2. The van der Waals surface area contributed by atoms with Crippen molar-refractivity contribution < 1.29 is 4.79 Å². The van der Waals surface area contributed by atoms with Crippen LogP contribution in [0.15, 0.2) is 42.9 Å². The monoisotopic (exact) mass is 310 g/mol. The van der Waals surface area contributed by atoms with Gasteiger partial charge in [0, 0.05) is 45.1 Å². The van der Waals surface area contributed by atoms with E-state index in [9.17, 15) is 4.79 Å². The van der Waals surface area contributed by atoms with Crippen LogP contribution in [-0.4, -0.2) is 51.9 Å². The van der Waals surface area contributed by atoms with Gasteiger partial charge in [0.15, 0.2) is 0 Å². The van der Waals surface area contributed by atoms with Crippen molar-refractivity contribution in [3.05, 3.63) is 59.7 Å². The molecule has 1 aliphatic heterocycles. The van der Waals surface area contributed by atoms with Gasteiger partial charge in [0.1, 0.15) is 5.69 Å². The molecule has 0 saturated carbocycles. The molecule has 23 heavy (non-hydrogen) atoms. The molecule has 0 aliphatic carbocycles. The Bertz CT molecular complexity index is 642. The van der Waals surface area contributed by atoms with Crippen molar-refractivity contribution in [3.63, 3.8) is 0 Å². The third-order valence-corrected chi connectivity index (χ3v) is 4.18. The summed E-state index contributed by atoms with van der Waals surface area (Å²) in [6.07, 6.45) is 5.67. The molecule has 3 rings (SSSR count). The molecule has 5 nitrogen and oxygen atoms in total. The van der Waals surface area contributed by atoms with Crippen molar-refractivity contribution in [1.29, 1.82) is 0 Å². The van der Waals surface area contributed by atoms with E-state index in [-0.39, 0.29) is 5.91 Å². The van der Waals surface area contributed by atoms with E-state index in [1.807, 2.05) is 4.90 Å². The van der Waals surface area contributed by atoms with Crippen LogP contribution in [-0.2, 0) is 6.54 Å². The molecule has 1 fully saturated rings. The Morgan fingerprint density at radius 2 is 1.91 bits per heavy atom. The highest BCUT2D eigenvalue weighted by Gasteiger charge is 2.21. The number of carbonyl (C=O) groups is 1. The summed E-state index contributed by atoms with van der Waals surface area (Å²) in [5.74, 6) is -0.0183. The number of aromatic nitrogens is 2. The number of rotatable bonds is 3. The van der Waals surface area contributed by atoms with Gasteiger partial charge in [-0.05, 0) is 18.9 Å². The van der Waals surface area contributed by atoms with Crippen molar-refractivity contribution in [2.24, 2.45) is 0 Å². The van der Waals surface area contributed by atoms with Gasteiger partial charge in [-0.3, -0.25) is 14.7 Å². The minimum Gasteiger partial charge on any atom is -0.336 e. The number of hydrogen-bond donors (Lipinski definition) is 0. The molecule has 120 valence electrons. The van der Waals surface area contributed by atoms with E-state index in [1.54, 1.807) is 12.4 Å². The topological polar surface area (TPSA) is 49.3 Å². The first-order valence-corrected chi connectivity index (χ1v) is 8.05. The van der Waals surface area contributed by atoms with Crippen molar-refractivity contribution in [2.45, 2.75) is 19.9 Å². The Kier molecular flexibility index (Phi) is 4.98. The van der Waals surface area contributed by atoms with Crippen LogP contribution in [0, 0.1) is 6.92 Å². The molecule has 2 heterocycles. The zero-order valence-electron chi connectivity index (χ0n) is 13.5. The molecule has 0 atom stereocenters. The first-order valence-electron chi connectivity index (χ1n) is 8.05. The van der Waals surface area contributed by atoms with E-state index in [2.05, 4.69) is 46.1 Å². The lowest BCUT2D eigenvalue weighted by molar-refractivity contribution is 0.0754. The quantitative estimate of drug-likeness (QED) is 0.871. The van der Waals surface area contributed by atoms with Crippen LogP contribution >= 0.6 is 0 Å². The predicted octanol–water partition coefficient (Wildman–Crippen LogP) is 2.13. The zero-order chi connectivity index (χ0) is 16.1. The summed E-state index contributed by atoms with van der Waals surface area (Å²) in [4.78, 5) is 24.9. The van der Waals surface area contributed by atoms with Gasteiger partial charge in [0.2, 0.25) is 0 Å². The second-order valence-electron chi connectivity index (χ2n) is 6.00. The Balaban J connectivity index is 1.59. The van der Waals surface area contributed by atoms with Crippen LogP contribution in [0.3, 0.4) is 0 Å². The lowest BCUT2D eigenvalue weighted by atomic mass is 10.1. The molecule has 2 aromatic rings. The van der Waals surface area contributed by atoms with Gasteiger partial charge < -0.3 is 4.90 Å². The number of hydrogen-bond acceptors (Lipinski definition) is 4. The van der Waals surface area contributed by atoms with Crippen LogP contribution in [0.1, 0.15) is 28.0 Å². The maximum absolute atomic E-state index is 12.5. The summed E-state index contributed by atoms with van der Waals surface area (Å²) in [6.45, 7) is 6.46. The predicted molar refractivity (Wildman–Crippen MR) is 89.0 cm³/mol. The van der Waals surface area contributed by atoms with Crippen molar-refractivity contribution >= 4 is 5.91 Å². The zero-order valence-corrected chi connectivity index (χ0v) is 13.5. The third-order valence-electron chi connectivity index (χ3n) is 4.18. The van der Waals surface area contributed by atoms with Gasteiger partial charge in [0.05, 0.1) is 6.20 Å². The number of nitrogens with zero attached hydrogens (tertiary/aromatic N) is 4. The normalized spacial score (nSPS) is 16.1. The third kappa shape index (κ3) is 4.13. The molecule has 5 heteroatoms. The first kappa shape index (κ1) is 15.6. The number of amides is 1. The highest BCUT2D eigenvalue weighted by molar-refractivity contribution is 5.91. The maximum atomic E-state index is 12.5.